The second-order valence-electron chi connectivity index (χ2n) is 2.88. The Bertz CT molecular complexity index is 370. The molecule has 1 aromatic rings. The van der Waals surface area contributed by atoms with Gasteiger partial charge in [-0.1, -0.05) is 35.9 Å². The number of nitro groups is 1. The van der Waals surface area contributed by atoms with Gasteiger partial charge in [0.1, 0.15) is 0 Å². The van der Waals surface area contributed by atoms with E-state index in [-0.39, 0.29) is 10.6 Å². The molecule has 0 N–H and O–H groups in total. The van der Waals surface area contributed by atoms with Crippen LogP contribution in [-0.4, -0.2) is 4.92 Å². The molecule has 0 aliphatic rings. The molecule has 74 valence electrons. The number of halogens is 1. The Hall–Kier alpha value is -1.35. The number of hydrogen-bond acceptors (Lipinski definition) is 2. The quantitative estimate of drug-likeness (QED) is 0.569. The summed E-state index contributed by atoms with van der Waals surface area (Å²) in [4.78, 5) is 10.2. The van der Waals surface area contributed by atoms with E-state index in [2.05, 4.69) is 0 Å². The predicted molar refractivity (Wildman–Crippen MR) is 56.4 cm³/mol. The Morgan fingerprint density at radius 2 is 2.21 bits per heavy atom. The predicted octanol–water partition coefficient (Wildman–Crippen LogP) is 3.28. The molecule has 0 unspecified atom stereocenters. The van der Waals surface area contributed by atoms with Crippen LogP contribution in [-0.2, 0) is 6.42 Å². The zero-order valence-corrected chi connectivity index (χ0v) is 8.49. The smallest absolute Gasteiger partial charge is 0.258 e. The van der Waals surface area contributed by atoms with Gasteiger partial charge in [-0.3, -0.25) is 10.1 Å². The van der Waals surface area contributed by atoms with Crippen molar-refractivity contribution in [2.24, 2.45) is 0 Å². The highest BCUT2D eigenvalue weighted by molar-refractivity contribution is 6.29. The minimum Gasteiger partial charge on any atom is -0.258 e. The van der Waals surface area contributed by atoms with Crippen molar-refractivity contribution in [3.05, 3.63) is 51.1 Å². The molecule has 0 radical (unpaired) electrons. The summed E-state index contributed by atoms with van der Waals surface area (Å²) in [5, 5.41) is 11.3. The number of allylic oxidation sites excluding steroid dienone is 2. The highest BCUT2D eigenvalue weighted by atomic mass is 35.5. The van der Waals surface area contributed by atoms with Crippen LogP contribution in [0.25, 0.3) is 0 Å². The summed E-state index contributed by atoms with van der Waals surface area (Å²) < 4.78 is 0. The molecule has 4 heteroatoms. The number of hydrogen-bond donors (Lipinski definition) is 0. The van der Waals surface area contributed by atoms with Gasteiger partial charge in [0.15, 0.2) is 0 Å². The van der Waals surface area contributed by atoms with E-state index in [0.29, 0.717) is 17.0 Å². The third-order valence-corrected chi connectivity index (χ3v) is 1.95. The first-order chi connectivity index (χ1) is 6.61. The maximum atomic E-state index is 10.6. The van der Waals surface area contributed by atoms with Crippen molar-refractivity contribution in [2.75, 3.05) is 0 Å². The van der Waals surface area contributed by atoms with Gasteiger partial charge in [0.25, 0.3) is 5.69 Å². The van der Waals surface area contributed by atoms with Crippen LogP contribution in [0.3, 0.4) is 0 Å². The van der Waals surface area contributed by atoms with Crippen LogP contribution in [0, 0.1) is 10.1 Å². The normalized spacial score (nSPS) is 11.4. The number of nitrogens with zero attached hydrogens (tertiary/aromatic N) is 1. The topological polar surface area (TPSA) is 43.1 Å². The molecule has 0 saturated carbocycles. The van der Waals surface area contributed by atoms with E-state index in [9.17, 15) is 10.1 Å². The third-order valence-electron chi connectivity index (χ3n) is 1.79. The fourth-order valence-electron chi connectivity index (χ4n) is 1.11. The summed E-state index contributed by atoms with van der Waals surface area (Å²) in [5.74, 6) is 0. The maximum Gasteiger partial charge on any atom is 0.272 e. The molecule has 0 amide bonds. The van der Waals surface area contributed by atoms with Crippen molar-refractivity contribution in [1.29, 1.82) is 0 Å². The monoisotopic (exact) mass is 211 g/mol. The van der Waals surface area contributed by atoms with Gasteiger partial charge in [0.05, 0.1) is 4.92 Å². The molecule has 0 aromatic heterocycles. The second kappa shape index (κ2) is 4.77. The van der Waals surface area contributed by atoms with E-state index in [0.717, 1.165) is 0 Å². The Kier molecular flexibility index (Phi) is 3.65. The summed E-state index contributed by atoms with van der Waals surface area (Å²) in [7, 11) is 0. The van der Waals surface area contributed by atoms with Crippen molar-refractivity contribution in [2.45, 2.75) is 13.3 Å². The van der Waals surface area contributed by atoms with Crippen LogP contribution < -0.4 is 0 Å². The van der Waals surface area contributed by atoms with Crippen molar-refractivity contribution in [3.8, 4) is 0 Å². The van der Waals surface area contributed by atoms with Crippen molar-refractivity contribution in [3.63, 3.8) is 0 Å². The van der Waals surface area contributed by atoms with Gasteiger partial charge in [0, 0.05) is 16.7 Å². The molecular weight excluding hydrogens is 202 g/mol. The number of para-hydroxylation sites is 1. The fraction of sp³-hybridized carbons (Fsp3) is 0.200. The van der Waals surface area contributed by atoms with Gasteiger partial charge in [0.2, 0.25) is 0 Å². The van der Waals surface area contributed by atoms with Gasteiger partial charge in [-0.15, -0.1) is 0 Å². The van der Waals surface area contributed by atoms with Crippen molar-refractivity contribution < 1.29 is 4.92 Å². The maximum absolute atomic E-state index is 10.6. The standard InChI is InChI=1S/C10H10ClNO2/c1-8(11)6-7-9-4-2-3-5-10(9)12(13)14/h2-6H,7H2,1H3/b8-6-. The number of benzene rings is 1. The highest BCUT2D eigenvalue weighted by Gasteiger charge is 2.10. The lowest BCUT2D eigenvalue weighted by Gasteiger charge is -1.98. The summed E-state index contributed by atoms with van der Waals surface area (Å²) in [6.07, 6.45) is 2.25. The molecule has 14 heavy (non-hydrogen) atoms. The molecule has 0 aliphatic carbocycles. The third kappa shape index (κ3) is 2.85. The van der Waals surface area contributed by atoms with E-state index < -0.39 is 0 Å². The van der Waals surface area contributed by atoms with Crippen molar-refractivity contribution in [1.82, 2.24) is 0 Å². The summed E-state index contributed by atoms with van der Waals surface area (Å²) in [5.41, 5.74) is 0.819. The second-order valence-corrected chi connectivity index (χ2v) is 3.48. The first-order valence-corrected chi connectivity index (χ1v) is 4.53. The summed E-state index contributed by atoms with van der Waals surface area (Å²) in [6.45, 7) is 1.75. The van der Waals surface area contributed by atoms with Crippen LogP contribution >= 0.6 is 11.6 Å². The summed E-state index contributed by atoms with van der Waals surface area (Å²) >= 11 is 5.65. The van der Waals surface area contributed by atoms with Crippen LogP contribution in [0.1, 0.15) is 12.5 Å². The molecule has 3 nitrogen and oxygen atoms in total. The zero-order chi connectivity index (χ0) is 10.6. The van der Waals surface area contributed by atoms with Crippen LogP contribution in [0.15, 0.2) is 35.4 Å². The molecule has 0 saturated heterocycles. The lowest BCUT2D eigenvalue weighted by atomic mass is 10.1. The van der Waals surface area contributed by atoms with Crippen LogP contribution in [0.5, 0.6) is 0 Å². The van der Waals surface area contributed by atoms with Crippen LogP contribution in [0.4, 0.5) is 5.69 Å². The molecule has 0 aliphatic heterocycles. The number of nitro benzene ring substituents is 1. The minimum atomic E-state index is -0.382. The molecular formula is C10H10ClNO2. The largest absolute Gasteiger partial charge is 0.272 e. The Morgan fingerprint density at radius 1 is 1.57 bits per heavy atom. The van der Waals surface area contributed by atoms with Gasteiger partial charge in [-0.2, -0.15) is 0 Å². The highest BCUT2D eigenvalue weighted by Crippen LogP contribution is 2.19. The molecule has 1 rings (SSSR count). The van der Waals surface area contributed by atoms with E-state index in [1.54, 1.807) is 31.2 Å². The van der Waals surface area contributed by atoms with Gasteiger partial charge < -0.3 is 0 Å². The lowest BCUT2D eigenvalue weighted by molar-refractivity contribution is -0.385. The Balaban J connectivity index is 2.96. The molecule has 0 bridgehead atoms. The Labute approximate surface area is 87.2 Å². The molecule has 0 heterocycles. The zero-order valence-electron chi connectivity index (χ0n) is 7.74. The van der Waals surface area contributed by atoms with Gasteiger partial charge >= 0.3 is 0 Å². The Morgan fingerprint density at radius 3 is 2.79 bits per heavy atom. The molecule has 1 aromatic carbocycles. The van der Waals surface area contributed by atoms with E-state index >= 15 is 0 Å². The SMILES string of the molecule is C/C(Cl)=C/Cc1ccccc1[N+](=O)[O-]. The summed E-state index contributed by atoms with van der Waals surface area (Å²) in [6, 6.07) is 6.65. The van der Waals surface area contributed by atoms with E-state index in [1.807, 2.05) is 0 Å². The van der Waals surface area contributed by atoms with Gasteiger partial charge in [-0.05, 0) is 13.3 Å². The molecule has 0 atom stereocenters. The fourth-order valence-corrected chi connectivity index (χ4v) is 1.19. The first kappa shape index (κ1) is 10.7. The average molecular weight is 212 g/mol. The van der Waals surface area contributed by atoms with Gasteiger partial charge in [-0.25, -0.2) is 0 Å². The number of rotatable bonds is 3. The molecule has 0 spiro atoms. The van der Waals surface area contributed by atoms with E-state index in [1.165, 1.54) is 6.07 Å². The van der Waals surface area contributed by atoms with Crippen molar-refractivity contribution >= 4 is 17.3 Å². The average Bonchev–Trinajstić information content (AvgIpc) is 2.15. The first-order valence-electron chi connectivity index (χ1n) is 4.16. The lowest BCUT2D eigenvalue weighted by Crippen LogP contribution is -1.93. The van der Waals surface area contributed by atoms with E-state index in [4.69, 9.17) is 11.6 Å². The molecule has 0 fully saturated rings. The van der Waals surface area contributed by atoms with Crippen LogP contribution in [0.2, 0.25) is 0 Å². The minimum absolute atomic E-state index is 0.140.